The molecule has 1 heterocycles. The van der Waals surface area contributed by atoms with Crippen LogP contribution in [0.4, 0.5) is 15.8 Å². The van der Waals surface area contributed by atoms with Crippen LogP contribution in [-0.4, -0.2) is 22.8 Å². The third-order valence-corrected chi connectivity index (χ3v) is 7.01. The zero-order chi connectivity index (χ0) is 26.8. The Morgan fingerprint density at radius 1 is 0.974 bits per heavy atom. The van der Waals surface area contributed by atoms with Crippen LogP contribution in [0.2, 0.25) is 0 Å². The van der Waals surface area contributed by atoms with Crippen LogP contribution in [0.3, 0.4) is 0 Å². The number of rotatable bonds is 5. The Morgan fingerprint density at radius 2 is 1.66 bits per heavy atom. The molecule has 0 aromatic heterocycles. The number of carbonyl (C=O) groups is 3. The largest absolute Gasteiger partial charge is 0.481 e. The molecule has 0 spiro atoms. The maximum atomic E-state index is 13.9. The van der Waals surface area contributed by atoms with Crippen molar-refractivity contribution in [1.29, 1.82) is 5.26 Å². The number of fused-ring (bicyclic) bond motifs is 1. The van der Waals surface area contributed by atoms with Gasteiger partial charge in [-0.3, -0.25) is 19.3 Å². The molecule has 0 bridgehead atoms. The molecule has 3 aromatic carbocycles. The number of amides is 1. The fourth-order valence-corrected chi connectivity index (χ4v) is 5.23. The Labute approximate surface area is 218 Å². The number of nitriles is 1. The lowest BCUT2D eigenvalue weighted by Gasteiger charge is -2.35. The van der Waals surface area contributed by atoms with Gasteiger partial charge in [0, 0.05) is 24.1 Å². The second kappa shape index (κ2) is 10.3. The van der Waals surface area contributed by atoms with E-state index >= 15 is 0 Å². The molecular weight excluding hydrogens is 485 g/mol. The molecule has 1 aliphatic carbocycles. The number of ketones is 1. The zero-order valence-corrected chi connectivity index (χ0v) is 20.4. The Bertz CT molecular complexity index is 1490. The molecule has 3 aromatic rings. The fourth-order valence-electron chi connectivity index (χ4n) is 5.23. The number of hydrogen-bond acceptors (Lipinski definition) is 5. The first kappa shape index (κ1) is 24.9. The second-order valence-electron chi connectivity index (χ2n) is 9.41. The Hall–Kier alpha value is -4.77. The third kappa shape index (κ3) is 4.78. The van der Waals surface area contributed by atoms with Gasteiger partial charge >= 0.3 is 5.97 Å². The molecule has 0 saturated heterocycles. The van der Waals surface area contributed by atoms with Crippen LogP contribution < -0.4 is 10.2 Å². The van der Waals surface area contributed by atoms with Gasteiger partial charge in [-0.05, 0) is 59.9 Å². The molecule has 0 unspecified atom stereocenters. The van der Waals surface area contributed by atoms with Gasteiger partial charge in [-0.15, -0.1) is 0 Å². The van der Waals surface area contributed by atoms with E-state index in [1.165, 1.54) is 17.0 Å². The number of halogens is 1. The normalized spacial score (nSPS) is 18.5. The summed E-state index contributed by atoms with van der Waals surface area (Å²) in [6, 6.07) is 21.3. The van der Waals surface area contributed by atoms with E-state index in [1.807, 2.05) is 12.1 Å². The molecule has 2 aliphatic rings. The smallest absolute Gasteiger partial charge is 0.303 e. The van der Waals surface area contributed by atoms with Gasteiger partial charge in [-0.2, -0.15) is 5.26 Å². The zero-order valence-electron chi connectivity index (χ0n) is 20.4. The van der Waals surface area contributed by atoms with Gasteiger partial charge in [0.05, 0.1) is 35.5 Å². The third-order valence-electron chi connectivity index (χ3n) is 7.01. The molecule has 38 heavy (non-hydrogen) atoms. The Kier molecular flexibility index (Phi) is 6.75. The number of allylic oxidation sites excluding steroid dienone is 1. The topological polar surface area (TPSA) is 111 Å². The van der Waals surface area contributed by atoms with E-state index in [2.05, 4.69) is 11.4 Å². The summed E-state index contributed by atoms with van der Waals surface area (Å²) in [6.07, 6.45) is 0.0420. The van der Waals surface area contributed by atoms with Gasteiger partial charge in [0.1, 0.15) is 5.82 Å². The van der Waals surface area contributed by atoms with E-state index in [0.717, 1.165) is 5.56 Å². The molecular formula is C30H24FN3O4. The average molecular weight is 510 g/mol. The van der Waals surface area contributed by atoms with Crippen LogP contribution in [0.1, 0.15) is 54.3 Å². The monoisotopic (exact) mass is 509 g/mol. The van der Waals surface area contributed by atoms with Crippen molar-refractivity contribution in [2.75, 3.05) is 10.2 Å². The number of carboxylic acid groups (broad SMARTS) is 1. The van der Waals surface area contributed by atoms with Gasteiger partial charge in [0.2, 0.25) is 5.91 Å². The standard InChI is InChI=1S/C30H24FN3O4/c31-22-11-9-19(10-12-22)21-15-24-29(26(35)16-21)30(20-7-5-18(17-32)6-8-20)34(27(36)13-14-28(37)38)25-4-2-1-3-23(25)33-24/h1-12,21,30,33H,13-16H2,(H,37,38)/t21-,30-/m1/s1. The number of carbonyl (C=O) groups excluding carboxylic acids is 2. The van der Waals surface area contributed by atoms with E-state index in [1.54, 1.807) is 48.5 Å². The molecule has 1 amide bonds. The van der Waals surface area contributed by atoms with E-state index < -0.39 is 17.9 Å². The summed E-state index contributed by atoms with van der Waals surface area (Å²) in [5.41, 5.74) is 4.14. The first-order valence-corrected chi connectivity index (χ1v) is 12.3. The number of Topliss-reactive ketones (excluding diaryl/α,β-unsaturated/α-hetero) is 1. The molecule has 0 fully saturated rings. The average Bonchev–Trinajstić information content (AvgIpc) is 3.07. The van der Waals surface area contributed by atoms with Crippen LogP contribution in [0, 0.1) is 17.1 Å². The Morgan fingerprint density at radius 3 is 2.34 bits per heavy atom. The van der Waals surface area contributed by atoms with Crippen LogP contribution >= 0.6 is 0 Å². The molecule has 0 radical (unpaired) electrons. The second-order valence-corrected chi connectivity index (χ2v) is 9.41. The maximum absolute atomic E-state index is 13.9. The number of nitrogens with one attached hydrogen (secondary N) is 1. The van der Waals surface area contributed by atoms with E-state index in [4.69, 9.17) is 0 Å². The highest BCUT2D eigenvalue weighted by Gasteiger charge is 2.41. The number of aliphatic carboxylic acids is 1. The van der Waals surface area contributed by atoms with E-state index in [-0.39, 0.29) is 36.8 Å². The molecule has 5 rings (SSSR count). The van der Waals surface area contributed by atoms with Gasteiger partial charge in [-0.25, -0.2) is 4.39 Å². The molecule has 190 valence electrons. The van der Waals surface area contributed by atoms with Gasteiger partial charge in [0.15, 0.2) is 5.78 Å². The SMILES string of the molecule is N#Cc1ccc([C@@H]2C3=C(C[C@@H](c4ccc(F)cc4)CC3=O)Nc3ccccc3N2C(=O)CCC(=O)O)cc1. The van der Waals surface area contributed by atoms with Crippen molar-refractivity contribution in [2.24, 2.45) is 0 Å². The fraction of sp³-hybridized carbons (Fsp3) is 0.200. The summed E-state index contributed by atoms with van der Waals surface area (Å²) in [5.74, 6) is -2.22. The minimum Gasteiger partial charge on any atom is -0.481 e. The highest BCUT2D eigenvalue weighted by atomic mass is 19.1. The van der Waals surface area contributed by atoms with Crippen molar-refractivity contribution < 1.29 is 23.9 Å². The predicted octanol–water partition coefficient (Wildman–Crippen LogP) is 5.46. The lowest BCUT2D eigenvalue weighted by molar-refractivity contribution is -0.138. The minimum absolute atomic E-state index is 0.161. The molecule has 8 heteroatoms. The van der Waals surface area contributed by atoms with Crippen LogP contribution in [0.25, 0.3) is 0 Å². The van der Waals surface area contributed by atoms with Crippen LogP contribution in [0.5, 0.6) is 0 Å². The van der Waals surface area contributed by atoms with Crippen molar-refractivity contribution in [2.45, 2.75) is 37.6 Å². The molecule has 7 nitrogen and oxygen atoms in total. The summed E-state index contributed by atoms with van der Waals surface area (Å²) >= 11 is 0. The van der Waals surface area contributed by atoms with Gasteiger partial charge in [0.25, 0.3) is 0 Å². The highest BCUT2D eigenvalue weighted by molar-refractivity contribution is 6.06. The summed E-state index contributed by atoms with van der Waals surface area (Å²) in [7, 11) is 0. The number of hydrogen-bond donors (Lipinski definition) is 2. The number of benzene rings is 3. The highest BCUT2D eigenvalue weighted by Crippen LogP contribution is 2.47. The first-order valence-electron chi connectivity index (χ1n) is 12.3. The van der Waals surface area contributed by atoms with Crippen molar-refractivity contribution in [3.63, 3.8) is 0 Å². The lowest BCUT2D eigenvalue weighted by Crippen LogP contribution is -2.38. The lowest BCUT2D eigenvalue weighted by atomic mass is 9.78. The van der Waals surface area contributed by atoms with Crippen molar-refractivity contribution in [1.82, 2.24) is 0 Å². The summed E-state index contributed by atoms with van der Waals surface area (Å²) < 4.78 is 13.6. The minimum atomic E-state index is -1.09. The van der Waals surface area contributed by atoms with Crippen molar-refractivity contribution in [3.05, 3.63) is 107 Å². The number of carboxylic acids is 1. The van der Waals surface area contributed by atoms with Crippen molar-refractivity contribution in [3.8, 4) is 6.07 Å². The Balaban J connectivity index is 1.68. The van der Waals surface area contributed by atoms with Gasteiger partial charge in [-0.1, -0.05) is 36.4 Å². The van der Waals surface area contributed by atoms with E-state index in [9.17, 15) is 29.1 Å². The quantitative estimate of drug-likeness (QED) is 0.472. The summed E-state index contributed by atoms with van der Waals surface area (Å²) in [4.78, 5) is 40.3. The van der Waals surface area contributed by atoms with Gasteiger partial charge < -0.3 is 10.4 Å². The number of para-hydroxylation sites is 2. The van der Waals surface area contributed by atoms with Crippen molar-refractivity contribution >= 4 is 29.0 Å². The number of nitrogens with zero attached hydrogens (tertiary/aromatic N) is 2. The molecule has 2 N–H and O–H groups in total. The van der Waals surface area contributed by atoms with E-state index in [0.29, 0.717) is 40.2 Å². The summed E-state index contributed by atoms with van der Waals surface area (Å²) in [5, 5.41) is 21.9. The molecule has 0 saturated carbocycles. The molecule has 1 aliphatic heterocycles. The maximum Gasteiger partial charge on any atom is 0.303 e. The predicted molar refractivity (Wildman–Crippen MR) is 139 cm³/mol. The summed E-state index contributed by atoms with van der Waals surface area (Å²) in [6.45, 7) is 0. The van der Waals surface area contributed by atoms with Crippen LogP contribution in [-0.2, 0) is 14.4 Å². The first-order chi connectivity index (χ1) is 18.4. The molecule has 2 atom stereocenters. The van der Waals surface area contributed by atoms with Crippen LogP contribution in [0.15, 0.2) is 84.1 Å². The number of anilines is 2.